The van der Waals surface area contributed by atoms with E-state index in [4.69, 9.17) is 9.47 Å². The molecule has 3 aliphatic carbocycles. The molecule has 3 saturated carbocycles. The van der Waals surface area contributed by atoms with E-state index in [1.54, 1.807) is 6.92 Å². The van der Waals surface area contributed by atoms with Crippen LogP contribution in [0, 0.1) is 17.8 Å². The molecule has 1 saturated heterocycles. The Morgan fingerprint density at radius 1 is 0.838 bits per heavy atom. The summed E-state index contributed by atoms with van der Waals surface area (Å²) in [6.07, 6.45) is 9.32. The van der Waals surface area contributed by atoms with Crippen LogP contribution < -0.4 is 0 Å². The lowest BCUT2D eigenvalue weighted by molar-refractivity contribution is -0.148. The van der Waals surface area contributed by atoms with Crippen molar-refractivity contribution in [3.8, 4) is 0 Å². The summed E-state index contributed by atoms with van der Waals surface area (Å²) in [7, 11) is -1.60. The van der Waals surface area contributed by atoms with Gasteiger partial charge in [0.2, 0.25) is 5.91 Å². The molecular weight excluding hydrogens is 496 g/mol. The second-order valence-electron chi connectivity index (χ2n) is 11.9. The number of ether oxygens (including phenoxy) is 2. The van der Waals surface area contributed by atoms with Gasteiger partial charge >= 0.3 is 12.1 Å². The van der Waals surface area contributed by atoms with E-state index in [1.165, 1.54) is 13.4 Å². The number of hydrogen-bond acceptors (Lipinski definition) is 7. The van der Waals surface area contributed by atoms with Gasteiger partial charge in [0.25, 0.3) is 0 Å². The van der Waals surface area contributed by atoms with Crippen LogP contribution in [0.25, 0.3) is 0 Å². The molecule has 0 N–H and O–H groups in total. The van der Waals surface area contributed by atoms with Gasteiger partial charge in [0, 0.05) is 25.8 Å². The minimum atomic E-state index is -3.01. The quantitative estimate of drug-likeness (QED) is 0.502. The highest BCUT2D eigenvalue weighted by Gasteiger charge is 2.48. The zero-order chi connectivity index (χ0) is 26.9. The van der Waals surface area contributed by atoms with E-state index in [1.807, 2.05) is 16.7 Å². The van der Waals surface area contributed by atoms with Crippen molar-refractivity contribution in [3.05, 3.63) is 0 Å². The zero-order valence-corrected chi connectivity index (χ0v) is 23.6. The van der Waals surface area contributed by atoms with Crippen molar-refractivity contribution in [2.75, 3.05) is 19.9 Å². The van der Waals surface area contributed by atoms with E-state index in [2.05, 4.69) is 0 Å². The van der Waals surface area contributed by atoms with Gasteiger partial charge < -0.3 is 19.3 Å². The molecule has 4 rings (SSSR count). The highest BCUT2D eigenvalue weighted by molar-refractivity contribution is 7.91. The summed E-state index contributed by atoms with van der Waals surface area (Å²) >= 11 is 0. The van der Waals surface area contributed by atoms with Crippen molar-refractivity contribution in [1.29, 1.82) is 0 Å². The molecule has 4 aliphatic rings. The van der Waals surface area contributed by atoms with Gasteiger partial charge in [-0.1, -0.05) is 0 Å². The molecule has 0 radical (unpaired) electrons. The van der Waals surface area contributed by atoms with Crippen LogP contribution in [0.5, 0.6) is 0 Å². The SMILES string of the molecule is COC(=O)C1CCC(OC(=O)N2C[C@H](C)N(C(C)=O)C3CCC(C4CCC(S(C)(=O)=O)CC4)CC32)CC1. The van der Waals surface area contributed by atoms with Crippen LogP contribution in [0.4, 0.5) is 4.79 Å². The van der Waals surface area contributed by atoms with Gasteiger partial charge in [-0.2, -0.15) is 0 Å². The third-order valence-electron chi connectivity index (χ3n) is 9.58. The number of rotatable bonds is 4. The van der Waals surface area contributed by atoms with Crippen LogP contribution in [0.2, 0.25) is 0 Å². The molecule has 10 heteroatoms. The molecule has 4 atom stereocenters. The van der Waals surface area contributed by atoms with Gasteiger partial charge in [0.1, 0.15) is 15.9 Å². The lowest BCUT2D eigenvalue weighted by atomic mass is 9.69. The lowest BCUT2D eigenvalue weighted by Crippen LogP contribution is -2.67. The Morgan fingerprint density at radius 2 is 1.46 bits per heavy atom. The van der Waals surface area contributed by atoms with Crippen LogP contribution >= 0.6 is 0 Å². The summed E-state index contributed by atoms with van der Waals surface area (Å²) in [5.74, 6) is 0.593. The Hall–Kier alpha value is -1.84. The average Bonchev–Trinajstić information content (AvgIpc) is 2.87. The summed E-state index contributed by atoms with van der Waals surface area (Å²) in [6.45, 7) is 4.06. The highest BCUT2D eigenvalue weighted by atomic mass is 32.2. The topological polar surface area (TPSA) is 110 Å². The number of piperazine rings is 1. The highest BCUT2D eigenvalue weighted by Crippen LogP contribution is 2.44. The normalized spacial score (nSPS) is 36.9. The van der Waals surface area contributed by atoms with Crippen molar-refractivity contribution >= 4 is 27.8 Å². The fourth-order valence-corrected chi connectivity index (χ4v) is 8.75. The lowest BCUT2D eigenvalue weighted by Gasteiger charge is -2.54. The van der Waals surface area contributed by atoms with E-state index >= 15 is 0 Å². The number of carbonyl (C=O) groups excluding carboxylic acids is 3. The minimum absolute atomic E-state index is 0.0209. The summed E-state index contributed by atoms with van der Waals surface area (Å²) in [5.41, 5.74) is 0. The van der Waals surface area contributed by atoms with Crippen LogP contribution in [0.3, 0.4) is 0 Å². The van der Waals surface area contributed by atoms with Crippen molar-refractivity contribution in [2.45, 2.75) is 114 Å². The van der Waals surface area contributed by atoms with Crippen molar-refractivity contribution in [3.63, 3.8) is 0 Å². The molecule has 0 bridgehead atoms. The third-order valence-corrected chi connectivity index (χ3v) is 11.3. The van der Waals surface area contributed by atoms with Gasteiger partial charge in [0.15, 0.2) is 0 Å². The zero-order valence-electron chi connectivity index (χ0n) is 22.8. The van der Waals surface area contributed by atoms with Crippen molar-refractivity contribution in [1.82, 2.24) is 9.80 Å². The van der Waals surface area contributed by atoms with Gasteiger partial charge in [-0.25, -0.2) is 13.2 Å². The van der Waals surface area contributed by atoms with Crippen LogP contribution in [0.1, 0.15) is 84.5 Å². The molecule has 0 aromatic heterocycles. The first-order valence-corrected chi connectivity index (χ1v) is 16.0. The summed E-state index contributed by atoms with van der Waals surface area (Å²) in [6, 6.07) is -0.194. The number of methoxy groups -OCH3 is 1. The first kappa shape index (κ1) is 28.2. The Bertz CT molecular complexity index is 954. The second-order valence-corrected chi connectivity index (χ2v) is 14.2. The standard InChI is InChI=1S/C27H44N2O7S/c1-17-16-28(27(32)36-22-10-5-20(6-11-22)26(31)35-3)25-15-21(9-14-24(25)29(17)18(2)30)19-7-12-23(13-8-19)37(4,33)34/h17,19-25H,5-16H2,1-4H3/t17-,19?,20?,21?,22?,23?,24?,25?/m0/s1. The molecule has 1 aliphatic heterocycles. The van der Waals surface area contributed by atoms with E-state index in [0.29, 0.717) is 56.9 Å². The maximum atomic E-state index is 13.5. The van der Waals surface area contributed by atoms with Gasteiger partial charge in [-0.05, 0) is 89.4 Å². The van der Waals surface area contributed by atoms with Crippen LogP contribution in [-0.2, 0) is 28.9 Å². The van der Waals surface area contributed by atoms with Gasteiger partial charge in [0.05, 0.1) is 30.4 Å². The fourth-order valence-electron chi connectivity index (χ4n) is 7.62. The number of esters is 1. The largest absolute Gasteiger partial charge is 0.469 e. The summed E-state index contributed by atoms with van der Waals surface area (Å²) in [5, 5.41) is -0.232. The first-order valence-electron chi connectivity index (χ1n) is 14.0. The first-order chi connectivity index (χ1) is 17.5. The van der Waals surface area contributed by atoms with E-state index in [-0.39, 0.29) is 53.4 Å². The van der Waals surface area contributed by atoms with Crippen molar-refractivity contribution in [2.24, 2.45) is 17.8 Å². The van der Waals surface area contributed by atoms with Crippen LogP contribution in [-0.4, -0.2) is 85.6 Å². The number of sulfone groups is 1. The Labute approximate surface area is 221 Å². The Morgan fingerprint density at radius 3 is 2.03 bits per heavy atom. The predicted octanol–water partition coefficient (Wildman–Crippen LogP) is 3.55. The Kier molecular flexibility index (Phi) is 8.75. The predicted molar refractivity (Wildman–Crippen MR) is 138 cm³/mol. The van der Waals surface area contributed by atoms with E-state index in [0.717, 1.165) is 32.1 Å². The molecular formula is C27H44N2O7S. The minimum Gasteiger partial charge on any atom is -0.469 e. The molecule has 0 spiro atoms. The van der Waals surface area contributed by atoms with Crippen molar-refractivity contribution < 1.29 is 32.3 Å². The fraction of sp³-hybridized carbons (Fsp3) is 0.889. The number of fused-ring (bicyclic) bond motifs is 1. The van der Waals surface area contributed by atoms with E-state index < -0.39 is 9.84 Å². The molecule has 2 amide bonds. The molecule has 4 fully saturated rings. The summed E-state index contributed by atoms with van der Waals surface area (Å²) in [4.78, 5) is 41.8. The molecule has 0 aromatic rings. The molecule has 1 heterocycles. The maximum Gasteiger partial charge on any atom is 0.410 e. The number of nitrogens with zero attached hydrogens (tertiary/aromatic N) is 2. The van der Waals surface area contributed by atoms with Gasteiger partial charge in [-0.3, -0.25) is 9.59 Å². The maximum absolute atomic E-state index is 13.5. The van der Waals surface area contributed by atoms with Gasteiger partial charge in [-0.15, -0.1) is 0 Å². The molecule has 37 heavy (non-hydrogen) atoms. The smallest absolute Gasteiger partial charge is 0.410 e. The Balaban J connectivity index is 1.43. The third kappa shape index (κ3) is 6.25. The second kappa shape index (κ2) is 11.5. The van der Waals surface area contributed by atoms with Crippen LogP contribution in [0.15, 0.2) is 0 Å². The average molecular weight is 541 g/mol. The number of carbonyl (C=O) groups is 3. The summed E-state index contributed by atoms with van der Waals surface area (Å²) < 4.78 is 34.9. The molecule has 3 unspecified atom stereocenters. The molecule has 210 valence electrons. The number of amides is 2. The monoisotopic (exact) mass is 540 g/mol. The number of hydrogen-bond donors (Lipinski definition) is 0. The molecule has 9 nitrogen and oxygen atoms in total. The van der Waals surface area contributed by atoms with E-state index in [9.17, 15) is 22.8 Å². The molecule has 0 aromatic carbocycles.